The Morgan fingerprint density at radius 2 is 1.65 bits per heavy atom. The van der Waals surface area contributed by atoms with Gasteiger partial charge in [-0.3, -0.25) is 4.79 Å². The van der Waals surface area contributed by atoms with Crippen molar-refractivity contribution in [3.63, 3.8) is 0 Å². The van der Waals surface area contributed by atoms with Gasteiger partial charge in [-0.1, -0.05) is 6.42 Å². The lowest BCUT2D eigenvalue weighted by molar-refractivity contribution is -0.156. The lowest BCUT2D eigenvalue weighted by Crippen LogP contribution is -2.66. The topological polar surface area (TPSA) is 46.3 Å². The minimum Gasteiger partial charge on any atom is -0.332 e. The van der Waals surface area contributed by atoms with Gasteiger partial charge in [-0.2, -0.15) is 0 Å². The second kappa shape index (κ2) is 4.46. The lowest BCUT2D eigenvalue weighted by atomic mass is 9.75. The van der Waals surface area contributed by atoms with Crippen molar-refractivity contribution in [3.05, 3.63) is 0 Å². The summed E-state index contributed by atoms with van der Waals surface area (Å²) in [5, 5.41) is 0. The molecule has 1 heterocycles. The summed E-state index contributed by atoms with van der Waals surface area (Å²) in [5.41, 5.74) is 6.00. The standard InChI is InChI=1S/C17H30N2O/c1-16(2)9-13(18)10-17(3,4)19(16)15(20)14-8-11-5-6-12(14)7-11/h11-14H,5-10,18H2,1-4H3. The molecule has 1 amide bonds. The second-order valence-corrected chi connectivity index (χ2v) is 8.75. The number of fused-ring (bicyclic) bond motifs is 2. The average molecular weight is 278 g/mol. The first-order chi connectivity index (χ1) is 9.21. The Hall–Kier alpha value is -0.570. The Morgan fingerprint density at radius 1 is 1.05 bits per heavy atom. The SMILES string of the molecule is CC1(C)CC(N)CC(C)(C)N1C(=O)C1CC2CCC1C2. The van der Waals surface area contributed by atoms with Crippen LogP contribution in [0.25, 0.3) is 0 Å². The highest BCUT2D eigenvalue weighted by Gasteiger charge is 2.52. The Labute approximate surface area is 123 Å². The Balaban J connectivity index is 1.85. The third kappa shape index (κ3) is 2.18. The minimum absolute atomic E-state index is 0.111. The minimum atomic E-state index is -0.111. The van der Waals surface area contributed by atoms with Crippen LogP contribution in [0.3, 0.4) is 0 Å². The molecular weight excluding hydrogens is 248 g/mol. The average Bonchev–Trinajstić information content (AvgIpc) is 2.85. The fourth-order valence-corrected chi connectivity index (χ4v) is 5.67. The normalized spacial score (nSPS) is 39.2. The number of nitrogens with two attached hydrogens (primary N) is 1. The van der Waals surface area contributed by atoms with E-state index < -0.39 is 0 Å². The molecule has 3 aliphatic rings. The molecule has 0 radical (unpaired) electrons. The van der Waals surface area contributed by atoms with Crippen LogP contribution < -0.4 is 5.73 Å². The molecular formula is C17H30N2O. The van der Waals surface area contributed by atoms with Crippen LogP contribution in [0.1, 0.15) is 66.2 Å². The molecule has 3 atom stereocenters. The van der Waals surface area contributed by atoms with Crippen LogP contribution in [-0.4, -0.2) is 27.9 Å². The first kappa shape index (κ1) is 14.4. The molecule has 0 spiro atoms. The van der Waals surface area contributed by atoms with Crippen LogP contribution in [0.5, 0.6) is 0 Å². The molecule has 2 aliphatic carbocycles. The van der Waals surface area contributed by atoms with Gasteiger partial charge < -0.3 is 10.6 Å². The summed E-state index contributed by atoms with van der Waals surface area (Å²) < 4.78 is 0. The van der Waals surface area contributed by atoms with E-state index in [1.54, 1.807) is 0 Å². The van der Waals surface area contributed by atoms with Crippen molar-refractivity contribution < 1.29 is 4.79 Å². The Bertz CT molecular complexity index is 397. The summed E-state index contributed by atoms with van der Waals surface area (Å²) in [6.45, 7) is 8.77. The van der Waals surface area contributed by atoms with Gasteiger partial charge in [-0.15, -0.1) is 0 Å². The van der Waals surface area contributed by atoms with Gasteiger partial charge in [-0.05, 0) is 71.6 Å². The second-order valence-electron chi connectivity index (χ2n) is 8.75. The highest BCUT2D eigenvalue weighted by Crippen LogP contribution is 2.50. The van der Waals surface area contributed by atoms with E-state index in [9.17, 15) is 4.79 Å². The van der Waals surface area contributed by atoms with Crippen molar-refractivity contribution >= 4 is 5.91 Å². The monoisotopic (exact) mass is 278 g/mol. The van der Waals surface area contributed by atoms with Crippen LogP contribution in [0.15, 0.2) is 0 Å². The third-order valence-electron chi connectivity index (χ3n) is 6.01. The van der Waals surface area contributed by atoms with E-state index in [1.807, 2.05) is 0 Å². The zero-order chi connectivity index (χ0) is 14.7. The van der Waals surface area contributed by atoms with Crippen LogP contribution in [-0.2, 0) is 4.79 Å². The first-order valence-electron chi connectivity index (χ1n) is 8.30. The summed E-state index contributed by atoms with van der Waals surface area (Å²) in [5.74, 6) is 2.20. The summed E-state index contributed by atoms with van der Waals surface area (Å²) >= 11 is 0. The highest BCUT2D eigenvalue weighted by molar-refractivity contribution is 5.81. The number of carbonyl (C=O) groups is 1. The van der Waals surface area contributed by atoms with Crippen molar-refractivity contribution in [1.29, 1.82) is 0 Å². The largest absolute Gasteiger partial charge is 0.332 e. The third-order valence-corrected chi connectivity index (χ3v) is 6.01. The number of hydrogen-bond donors (Lipinski definition) is 1. The van der Waals surface area contributed by atoms with Crippen molar-refractivity contribution in [2.45, 2.75) is 83.3 Å². The van der Waals surface area contributed by atoms with Crippen molar-refractivity contribution in [1.82, 2.24) is 4.90 Å². The molecule has 3 rings (SSSR count). The summed E-state index contributed by atoms with van der Waals surface area (Å²) in [6, 6.07) is 0.212. The van der Waals surface area contributed by atoms with E-state index in [0.717, 1.165) is 25.2 Å². The lowest BCUT2D eigenvalue weighted by Gasteiger charge is -2.56. The van der Waals surface area contributed by atoms with E-state index in [1.165, 1.54) is 19.3 Å². The molecule has 1 saturated heterocycles. The highest BCUT2D eigenvalue weighted by atomic mass is 16.2. The number of likely N-dealkylation sites (tertiary alicyclic amines) is 1. The van der Waals surface area contributed by atoms with Crippen molar-refractivity contribution in [3.8, 4) is 0 Å². The van der Waals surface area contributed by atoms with Crippen LogP contribution in [0, 0.1) is 17.8 Å². The summed E-state index contributed by atoms with van der Waals surface area (Å²) in [7, 11) is 0. The Kier molecular flexibility index (Phi) is 3.20. The smallest absolute Gasteiger partial charge is 0.226 e. The number of nitrogens with zero attached hydrogens (tertiary/aromatic N) is 1. The number of rotatable bonds is 1. The van der Waals surface area contributed by atoms with Gasteiger partial charge in [0.2, 0.25) is 5.91 Å². The number of carbonyl (C=O) groups excluding carboxylic acids is 1. The molecule has 2 N–H and O–H groups in total. The summed E-state index contributed by atoms with van der Waals surface area (Å²) in [4.78, 5) is 15.4. The molecule has 3 fully saturated rings. The van der Waals surface area contributed by atoms with Gasteiger partial charge in [0.15, 0.2) is 0 Å². The molecule has 3 heteroatoms. The fraction of sp³-hybridized carbons (Fsp3) is 0.941. The molecule has 20 heavy (non-hydrogen) atoms. The predicted octanol–water partition coefficient (Wildman–Crippen LogP) is 2.93. The van der Waals surface area contributed by atoms with Gasteiger partial charge in [0, 0.05) is 23.0 Å². The number of hydrogen-bond acceptors (Lipinski definition) is 2. The Morgan fingerprint density at radius 3 is 2.10 bits per heavy atom. The van der Waals surface area contributed by atoms with Gasteiger partial charge in [0.1, 0.15) is 0 Å². The van der Waals surface area contributed by atoms with Gasteiger partial charge >= 0.3 is 0 Å². The molecule has 2 saturated carbocycles. The molecule has 1 aliphatic heterocycles. The van der Waals surface area contributed by atoms with E-state index in [2.05, 4.69) is 32.6 Å². The summed E-state index contributed by atoms with van der Waals surface area (Å²) in [6.07, 6.45) is 6.90. The van der Waals surface area contributed by atoms with Gasteiger partial charge in [-0.25, -0.2) is 0 Å². The maximum Gasteiger partial charge on any atom is 0.226 e. The van der Waals surface area contributed by atoms with Crippen LogP contribution in [0.4, 0.5) is 0 Å². The maximum atomic E-state index is 13.2. The van der Waals surface area contributed by atoms with Crippen molar-refractivity contribution in [2.24, 2.45) is 23.5 Å². The molecule has 3 unspecified atom stereocenters. The van der Waals surface area contributed by atoms with E-state index >= 15 is 0 Å². The van der Waals surface area contributed by atoms with Crippen LogP contribution in [0.2, 0.25) is 0 Å². The zero-order valence-electron chi connectivity index (χ0n) is 13.5. The zero-order valence-corrected chi connectivity index (χ0v) is 13.5. The van der Waals surface area contributed by atoms with Crippen LogP contribution >= 0.6 is 0 Å². The molecule has 3 nitrogen and oxygen atoms in total. The van der Waals surface area contributed by atoms with Gasteiger partial charge in [0.25, 0.3) is 0 Å². The molecule has 2 bridgehead atoms. The molecule has 0 aromatic carbocycles. The van der Waals surface area contributed by atoms with E-state index in [-0.39, 0.29) is 17.1 Å². The van der Waals surface area contributed by atoms with Crippen molar-refractivity contribution in [2.75, 3.05) is 0 Å². The number of piperidine rings is 1. The molecule has 114 valence electrons. The molecule has 0 aromatic rings. The quantitative estimate of drug-likeness (QED) is 0.801. The van der Waals surface area contributed by atoms with Gasteiger partial charge in [0.05, 0.1) is 0 Å². The van der Waals surface area contributed by atoms with E-state index in [4.69, 9.17) is 5.73 Å². The predicted molar refractivity (Wildman–Crippen MR) is 81.2 cm³/mol. The van der Waals surface area contributed by atoms with E-state index in [0.29, 0.717) is 17.7 Å². The maximum absolute atomic E-state index is 13.2. The number of amides is 1. The first-order valence-corrected chi connectivity index (χ1v) is 8.30. The fourth-order valence-electron chi connectivity index (χ4n) is 5.67. The molecule has 0 aromatic heterocycles.